The van der Waals surface area contributed by atoms with Gasteiger partial charge >= 0.3 is 0 Å². The van der Waals surface area contributed by atoms with Crippen molar-refractivity contribution in [2.75, 3.05) is 34.8 Å². The standard InChI is InChI=1S/C23H23N5O/c1-26-15-21(29)28(19-9-3-2-4-10-19)14-20-22(26)24-16-25-23(20)27-12-11-17-7-5-6-8-18(17)13-27/h2-10,16H,11-15H2,1H3. The number of amides is 1. The molecule has 6 heteroatoms. The van der Waals surface area contributed by atoms with Crippen molar-refractivity contribution in [1.29, 1.82) is 0 Å². The number of aromatic nitrogens is 2. The van der Waals surface area contributed by atoms with Crippen LogP contribution in [0.3, 0.4) is 0 Å². The Labute approximate surface area is 170 Å². The number of hydrogen-bond acceptors (Lipinski definition) is 5. The first-order valence-corrected chi connectivity index (χ1v) is 9.93. The van der Waals surface area contributed by atoms with Crippen LogP contribution in [0.1, 0.15) is 16.7 Å². The molecular formula is C23H23N5O. The first kappa shape index (κ1) is 17.7. The fraction of sp³-hybridized carbons (Fsp3) is 0.261. The van der Waals surface area contributed by atoms with Crippen LogP contribution < -0.4 is 14.7 Å². The van der Waals surface area contributed by atoms with Crippen molar-refractivity contribution in [2.24, 2.45) is 0 Å². The van der Waals surface area contributed by atoms with E-state index in [1.165, 1.54) is 11.1 Å². The van der Waals surface area contributed by atoms with Gasteiger partial charge in [-0.1, -0.05) is 42.5 Å². The predicted molar refractivity (Wildman–Crippen MR) is 114 cm³/mol. The quantitative estimate of drug-likeness (QED) is 0.679. The van der Waals surface area contributed by atoms with Crippen molar-refractivity contribution >= 4 is 23.2 Å². The van der Waals surface area contributed by atoms with Gasteiger partial charge in [0.15, 0.2) is 0 Å². The van der Waals surface area contributed by atoms with Crippen LogP contribution in [0.15, 0.2) is 60.9 Å². The molecule has 0 unspecified atom stereocenters. The SMILES string of the molecule is CN1CC(=O)N(c2ccccc2)Cc2c1ncnc2N1CCc2ccccc2C1. The molecule has 3 aromatic rings. The van der Waals surface area contributed by atoms with E-state index in [2.05, 4.69) is 39.1 Å². The van der Waals surface area contributed by atoms with Crippen LogP contribution in [0.2, 0.25) is 0 Å². The highest BCUT2D eigenvalue weighted by atomic mass is 16.2. The number of hydrogen-bond donors (Lipinski definition) is 0. The van der Waals surface area contributed by atoms with E-state index in [9.17, 15) is 4.79 Å². The summed E-state index contributed by atoms with van der Waals surface area (Å²) in [4.78, 5) is 28.3. The lowest BCUT2D eigenvalue weighted by atomic mass is 9.99. The highest BCUT2D eigenvalue weighted by Gasteiger charge is 2.30. The molecule has 146 valence electrons. The van der Waals surface area contributed by atoms with E-state index < -0.39 is 0 Å². The van der Waals surface area contributed by atoms with E-state index >= 15 is 0 Å². The number of fused-ring (bicyclic) bond motifs is 2. The molecule has 0 aliphatic carbocycles. The smallest absolute Gasteiger partial charge is 0.246 e. The minimum atomic E-state index is 0.0617. The van der Waals surface area contributed by atoms with Crippen LogP contribution in [0.25, 0.3) is 0 Å². The topological polar surface area (TPSA) is 52.6 Å². The number of anilines is 3. The Morgan fingerprint density at radius 1 is 0.828 bits per heavy atom. The number of para-hydroxylation sites is 1. The normalized spacial score (nSPS) is 16.3. The molecule has 0 atom stereocenters. The molecule has 0 N–H and O–H groups in total. The third kappa shape index (κ3) is 3.20. The molecule has 5 rings (SSSR count). The van der Waals surface area contributed by atoms with Crippen LogP contribution in [-0.4, -0.2) is 36.0 Å². The van der Waals surface area contributed by atoms with Crippen molar-refractivity contribution < 1.29 is 4.79 Å². The number of carbonyl (C=O) groups is 1. The van der Waals surface area contributed by atoms with Gasteiger partial charge < -0.3 is 14.7 Å². The van der Waals surface area contributed by atoms with Crippen LogP contribution in [0, 0.1) is 0 Å². The summed E-state index contributed by atoms with van der Waals surface area (Å²) in [6, 6.07) is 18.4. The van der Waals surface area contributed by atoms with E-state index in [0.29, 0.717) is 13.1 Å². The molecule has 29 heavy (non-hydrogen) atoms. The van der Waals surface area contributed by atoms with E-state index in [0.717, 1.165) is 42.4 Å². The lowest BCUT2D eigenvalue weighted by Crippen LogP contribution is -2.36. The van der Waals surface area contributed by atoms with Crippen molar-refractivity contribution in [3.63, 3.8) is 0 Å². The highest BCUT2D eigenvalue weighted by molar-refractivity contribution is 5.97. The first-order valence-electron chi connectivity index (χ1n) is 9.93. The minimum Gasteiger partial charge on any atom is -0.351 e. The average molecular weight is 385 g/mol. The Morgan fingerprint density at radius 2 is 1.55 bits per heavy atom. The molecule has 0 spiro atoms. The van der Waals surface area contributed by atoms with Gasteiger partial charge in [0.25, 0.3) is 0 Å². The van der Waals surface area contributed by atoms with Gasteiger partial charge in [-0.15, -0.1) is 0 Å². The zero-order chi connectivity index (χ0) is 19.8. The summed E-state index contributed by atoms with van der Waals surface area (Å²) < 4.78 is 0. The van der Waals surface area contributed by atoms with Crippen LogP contribution >= 0.6 is 0 Å². The summed E-state index contributed by atoms with van der Waals surface area (Å²) in [7, 11) is 1.92. The maximum Gasteiger partial charge on any atom is 0.246 e. The number of likely N-dealkylation sites (N-methyl/N-ethyl adjacent to an activating group) is 1. The summed E-state index contributed by atoms with van der Waals surface area (Å²) >= 11 is 0. The molecule has 6 nitrogen and oxygen atoms in total. The molecule has 2 aliphatic rings. The lowest BCUT2D eigenvalue weighted by Gasteiger charge is -2.32. The zero-order valence-corrected chi connectivity index (χ0v) is 16.5. The molecule has 0 fully saturated rings. The summed E-state index contributed by atoms with van der Waals surface area (Å²) in [5.74, 6) is 1.82. The largest absolute Gasteiger partial charge is 0.351 e. The fourth-order valence-electron chi connectivity index (χ4n) is 4.27. The number of carbonyl (C=O) groups excluding carboxylic acids is 1. The van der Waals surface area contributed by atoms with E-state index in [-0.39, 0.29) is 5.91 Å². The first-order chi connectivity index (χ1) is 14.2. The van der Waals surface area contributed by atoms with Gasteiger partial charge in [0.1, 0.15) is 18.0 Å². The van der Waals surface area contributed by atoms with Gasteiger partial charge in [0.2, 0.25) is 5.91 Å². The Kier molecular flexibility index (Phi) is 4.39. The molecular weight excluding hydrogens is 362 g/mol. The fourth-order valence-corrected chi connectivity index (χ4v) is 4.27. The van der Waals surface area contributed by atoms with E-state index in [1.54, 1.807) is 6.33 Å². The number of nitrogens with zero attached hydrogens (tertiary/aromatic N) is 5. The third-order valence-electron chi connectivity index (χ3n) is 5.75. The number of rotatable bonds is 2. The van der Waals surface area contributed by atoms with Gasteiger partial charge in [-0.25, -0.2) is 9.97 Å². The third-order valence-corrected chi connectivity index (χ3v) is 5.75. The highest BCUT2D eigenvalue weighted by Crippen LogP contribution is 2.33. The maximum absolute atomic E-state index is 13.0. The minimum absolute atomic E-state index is 0.0617. The van der Waals surface area contributed by atoms with Crippen molar-refractivity contribution in [3.05, 3.63) is 77.6 Å². The summed E-state index contributed by atoms with van der Waals surface area (Å²) in [6.45, 7) is 2.49. The predicted octanol–water partition coefficient (Wildman–Crippen LogP) is 3.02. The van der Waals surface area contributed by atoms with Gasteiger partial charge in [-0.3, -0.25) is 4.79 Å². The van der Waals surface area contributed by atoms with Gasteiger partial charge in [0, 0.05) is 25.8 Å². The Bertz CT molecular complexity index is 1050. The second kappa shape index (κ2) is 7.20. The van der Waals surface area contributed by atoms with Crippen molar-refractivity contribution in [1.82, 2.24) is 9.97 Å². The molecule has 2 aliphatic heterocycles. The second-order valence-electron chi connectivity index (χ2n) is 7.61. The molecule has 0 radical (unpaired) electrons. The number of benzene rings is 2. The molecule has 2 aromatic carbocycles. The van der Waals surface area contributed by atoms with Crippen molar-refractivity contribution in [3.8, 4) is 0 Å². The summed E-state index contributed by atoms with van der Waals surface area (Å²) in [5, 5.41) is 0. The monoisotopic (exact) mass is 385 g/mol. The molecule has 1 amide bonds. The average Bonchev–Trinajstić information content (AvgIpc) is 2.89. The lowest BCUT2D eigenvalue weighted by molar-refractivity contribution is -0.117. The molecule has 0 saturated heterocycles. The molecule has 1 aromatic heterocycles. The van der Waals surface area contributed by atoms with Crippen molar-refractivity contribution in [2.45, 2.75) is 19.5 Å². The Hall–Kier alpha value is -3.41. The molecule has 3 heterocycles. The van der Waals surface area contributed by atoms with Gasteiger partial charge in [-0.2, -0.15) is 0 Å². The van der Waals surface area contributed by atoms with Gasteiger partial charge in [-0.05, 0) is 29.7 Å². The van der Waals surface area contributed by atoms with Crippen LogP contribution in [-0.2, 0) is 24.3 Å². The van der Waals surface area contributed by atoms with Gasteiger partial charge in [0.05, 0.1) is 18.7 Å². The Balaban J connectivity index is 1.55. The van der Waals surface area contributed by atoms with E-state index in [4.69, 9.17) is 0 Å². The zero-order valence-electron chi connectivity index (χ0n) is 16.5. The maximum atomic E-state index is 13.0. The Morgan fingerprint density at radius 3 is 2.38 bits per heavy atom. The molecule has 0 saturated carbocycles. The van der Waals surface area contributed by atoms with Crippen LogP contribution in [0.5, 0.6) is 0 Å². The molecule has 0 bridgehead atoms. The second-order valence-corrected chi connectivity index (χ2v) is 7.61. The van der Waals surface area contributed by atoms with Crippen LogP contribution in [0.4, 0.5) is 17.3 Å². The summed E-state index contributed by atoms with van der Waals surface area (Å²) in [6.07, 6.45) is 2.61. The van der Waals surface area contributed by atoms with E-state index in [1.807, 2.05) is 47.2 Å². The summed E-state index contributed by atoms with van der Waals surface area (Å²) in [5.41, 5.74) is 4.65.